The van der Waals surface area contributed by atoms with Crippen LogP contribution in [0.15, 0.2) is 72.1 Å². The van der Waals surface area contributed by atoms with Gasteiger partial charge in [0, 0.05) is 36.9 Å². The van der Waals surface area contributed by atoms with Crippen LogP contribution in [0.5, 0.6) is 5.75 Å². The van der Waals surface area contributed by atoms with E-state index in [9.17, 15) is 9.59 Å². The summed E-state index contributed by atoms with van der Waals surface area (Å²) in [5.41, 5.74) is 3.70. The number of fused-ring (bicyclic) bond motifs is 1. The van der Waals surface area contributed by atoms with Crippen LogP contribution in [0.4, 0.5) is 0 Å². The van der Waals surface area contributed by atoms with E-state index in [1.807, 2.05) is 47.9 Å². The Hall–Kier alpha value is -3.38. The zero-order valence-corrected chi connectivity index (χ0v) is 20.5. The first-order chi connectivity index (χ1) is 17.2. The van der Waals surface area contributed by atoms with Crippen molar-refractivity contribution in [2.45, 2.75) is 50.8 Å². The maximum atomic E-state index is 13.2. The van der Waals surface area contributed by atoms with Crippen LogP contribution in [0.25, 0.3) is 6.08 Å². The van der Waals surface area contributed by atoms with Crippen LogP contribution in [0.2, 0.25) is 0 Å². The molecule has 1 saturated heterocycles. The lowest BCUT2D eigenvalue weighted by Gasteiger charge is -2.29. The molecule has 0 spiro atoms. The van der Waals surface area contributed by atoms with Crippen molar-refractivity contribution in [2.24, 2.45) is 0 Å². The molecule has 1 aromatic heterocycles. The topological polar surface area (TPSA) is 58.6 Å². The Morgan fingerprint density at radius 1 is 1.03 bits per heavy atom. The van der Waals surface area contributed by atoms with Gasteiger partial charge in [-0.3, -0.25) is 9.59 Å². The van der Waals surface area contributed by atoms with Crippen LogP contribution < -0.4 is 10.1 Å². The minimum absolute atomic E-state index is 0.0684. The van der Waals surface area contributed by atoms with Gasteiger partial charge in [-0.1, -0.05) is 42.5 Å². The van der Waals surface area contributed by atoms with Gasteiger partial charge >= 0.3 is 0 Å². The number of nitrogens with zero attached hydrogens (tertiary/aromatic N) is 1. The monoisotopic (exact) mass is 486 g/mol. The first-order valence-electron chi connectivity index (χ1n) is 12.3. The quantitative estimate of drug-likeness (QED) is 0.478. The number of rotatable bonds is 7. The van der Waals surface area contributed by atoms with Crippen molar-refractivity contribution < 1.29 is 14.3 Å². The van der Waals surface area contributed by atoms with E-state index in [-0.39, 0.29) is 17.9 Å². The molecule has 6 heteroatoms. The minimum atomic E-state index is -0.467. The van der Waals surface area contributed by atoms with Crippen LogP contribution >= 0.6 is 11.3 Å². The Kier molecular flexibility index (Phi) is 7.28. The molecule has 3 aromatic rings. The summed E-state index contributed by atoms with van der Waals surface area (Å²) in [6.45, 7) is 1.04. The molecule has 2 heterocycles. The van der Waals surface area contributed by atoms with Gasteiger partial charge in [0.2, 0.25) is 11.8 Å². The smallest absolute Gasteiger partial charge is 0.247 e. The molecule has 2 aromatic carbocycles. The van der Waals surface area contributed by atoms with Gasteiger partial charge in [0.15, 0.2) is 0 Å². The predicted octanol–water partition coefficient (Wildman–Crippen LogP) is 5.01. The number of nitrogens with one attached hydrogen (secondary N) is 1. The maximum absolute atomic E-state index is 13.2. The van der Waals surface area contributed by atoms with Gasteiger partial charge in [-0.05, 0) is 65.6 Å². The second-order valence-electron chi connectivity index (χ2n) is 9.18. The minimum Gasteiger partial charge on any atom is -0.490 e. The second kappa shape index (κ2) is 10.9. The van der Waals surface area contributed by atoms with E-state index in [0.717, 1.165) is 41.9 Å². The van der Waals surface area contributed by atoms with Gasteiger partial charge in [0.1, 0.15) is 17.9 Å². The van der Waals surface area contributed by atoms with E-state index in [2.05, 4.69) is 29.6 Å². The molecule has 0 bridgehead atoms. The van der Waals surface area contributed by atoms with E-state index in [1.54, 1.807) is 22.3 Å². The molecule has 35 heavy (non-hydrogen) atoms. The first kappa shape index (κ1) is 23.4. The number of hydrogen-bond acceptors (Lipinski definition) is 4. The third-order valence-corrected chi connectivity index (χ3v) is 7.53. The highest BCUT2D eigenvalue weighted by Gasteiger charge is 2.30. The Morgan fingerprint density at radius 2 is 1.80 bits per heavy atom. The largest absolute Gasteiger partial charge is 0.490 e. The zero-order valence-electron chi connectivity index (χ0n) is 19.7. The van der Waals surface area contributed by atoms with E-state index >= 15 is 0 Å². The SMILES string of the molecule is O=C1NCCCC[C@@H]1N(Cc1ccc(OC2Cc3ccccc3C2)cc1)C(=O)C=Cc1cccs1. The first-order valence-corrected chi connectivity index (χ1v) is 13.2. The molecular formula is C29H30N2O3S. The normalized spacial score (nSPS) is 18.2. The summed E-state index contributed by atoms with van der Waals surface area (Å²) in [6, 6.07) is 19.9. The van der Waals surface area contributed by atoms with Crippen molar-refractivity contribution in [3.63, 3.8) is 0 Å². The van der Waals surface area contributed by atoms with E-state index < -0.39 is 6.04 Å². The summed E-state index contributed by atoms with van der Waals surface area (Å²) in [6.07, 6.45) is 7.93. The molecule has 0 saturated carbocycles. The molecule has 5 rings (SSSR count). The molecular weight excluding hydrogens is 456 g/mol. The lowest BCUT2D eigenvalue weighted by Crippen LogP contribution is -2.47. The molecule has 1 aliphatic carbocycles. The summed E-state index contributed by atoms with van der Waals surface area (Å²) in [7, 11) is 0. The molecule has 1 atom stereocenters. The summed E-state index contributed by atoms with van der Waals surface area (Å²) < 4.78 is 6.24. The highest BCUT2D eigenvalue weighted by atomic mass is 32.1. The van der Waals surface area contributed by atoms with Gasteiger partial charge in [-0.25, -0.2) is 0 Å². The molecule has 1 aliphatic heterocycles. The van der Waals surface area contributed by atoms with Gasteiger partial charge in [0.05, 0.1) is 0 Å². The molecule has 0 unspecified atom stereocenters. The van der Waals surface area contributed by atoms with Crippen molar-refractivity contribution in [3.05, 3.63) is 93.7 Å². The summed E-state index contributed by atoms with van der Waals surface area (Å²) >= 11 is 1.58. The van der Waals surface area contributed by atoms with Crippen molar-refractivity contribution in [2.75, 3.05) is 6.54 Å². The number of carbonyl (C=O) groups is 2. The van der Waals surface area contributed by atoms with Gasteiger partial charge in [-0.2, -0.15) is 0 Å². The number of carbonyl (C=O) groups excluding carboxylic acids is 2. The van der Waals surface area contributed by atoms with Crippen LogP contribution in [0.1, 0.15) is 40.8 Å². The third kappa shape index (κ3) is 5.82. The number of hydrogen-bond donors (Lipinski definition) is 1. The third-order valence-electron chi connectivity index (χ3n) is 6.69. The molecule has 2 amide bonds. The number of benzene rings is 2. The van der Waals surface area contributed by atoms with Crippen molar-refractivity contribution in [1.29, 1.82) is 0 Å². The highest BCUT2D eigenvalue weighted by Crippen LogP contribution is 2.26. The van der Waals surface area contributed by atoms with Crippen LogP contribution in [0, 0.1) is 0 Å². The summed E-state index contributed by atoms with van der Waals surface area (Å²) in [4.78, 5) is 28.7. The van der Waals surface area contributed by atoms with Crippen molar-refractivity contribution >= 4 is 29.2 Å². The van der Waals surface area contributed by atoms with Crippen LogP contribution in [0.3, 0.4) is 0 Å². The van der Waals surface area contributed by atoms with E-state index in [0.29, 0.717) is 19.5 Å². The number of thiophene rings is 1. The fourth-order valence-corrected chi connectivity index (χ4v) is 5.48. The number of ether oxygens (including phenoxy) is 1. The molecule has 180 valence electrons. The van der Waals surface area contributed by atoms with Crippen molar-refractivity contribution in [3.8, 4) is 5.75 Å². The van der Waals surface area contributed by atoms with Crippen LogP contribution in [-0.4, -0.2) is 35.4 Å². The standard InChI is InChI=1S/C29H30N2O3S/c32-28(15-14-26-8-5-17-35-26)31(27-9-3-4-16-30-29(27)33)20-21-10-12-24(13-11-21)34-25-18-22-6-1-2-7-23(22)19-25/h1-2,5-8,10-15,17,25,27H,3-4,9,16,18-20H2,(H,30,33)/t27-/m0/s1. The lowest BCUT2D eigenvalue weighted by molar-refractivity contribution is -0.137. The average molecular weight is 487 g/mol. The van der Waals surface area contributed by atoms with Gasteiger partial charge in [-0.15, -0.1) is 11.3 Å². The second-order valence-corrected chi connectivity index (χ2v) is 10.2. The Labute approximate surface area is 210 Å². The van der Waals surface area contributed by atoms with E-state index in [1.165, 1.54) is 11.1 Å². The fraction of sp³-hybridized carbons (Fsp3) is 0.310. The summed E-state index contributed by atoms with van der Waals surface area (Å²) in [5.74, 6) is 0.611. The molecule has 1 N–H and O–H groups in total. The zero-order chi connectivity index (χ0) is 24.0. The molecule has 1 fully saturated rings. The lowest BCUT2D eigenvalue weighted by atomic mass is 10.1. The Morgan fingerprint density at radius 3 is 2.51 bits per heavy atom. The maximum Gasteiger partial charge on any atom is 0.247 e. The molecule has 5 nitrogen and oxygen atoms in total. The Bertz CT molecular complexity index is 1160. The van der Waals surface area contributed by atoms with E-state index in [4.69, 9.17) is 4.74 Å². The Balaban J connectivity index is 1.28. The van der Waals surface area contributed by atoms with Gasteiger partial charge < -0.3 is 15.0 Å². The predicted molar refractivity (Wildman–Crippen MR) is 139 cm³/mol. The average Bonchev–Trinajstić information content (AvgIpc) is 3.49. The van der Waals surface area contributed by atoms with Crippen LogP contribution in [-0.2, 0) is 29.0 Å². The molecule has 2 aliphatic rings. The fourth-order valence-electron chi connectivity index (χ4n) is 4.86. The molecule has 0 radical (unpaired) electrons. The number of amides is 2. The van der Waals surface area contributed by atoms with Gasteiger partial charge in [0.25, 0.3) is 0 Å². The highest BCUT2D eigenvalue weighted by molar-refractivity contribution is 7.10. The summed E-state index contributed by atoms with van der Waals surface area (Å²) in [5, 5.41) is 4.95. The van der Waals surface area contributed by atoms with Crippen molar-refractivity contribution in [1.82, 2.24) is 10.2 Å².